The standard InChI is InChI=1S/C15H19N/c1-5-13-12-9-7-6-8-11(12)10-14(16-13)15(2,3)4/h6-10H,5H2,1-4H3. The molecule has 1 aromatic heterocycles. The van der Waals surface area contributed by atoms with E-state index in [1.807, 2.05) is 0 Å². The minimum absolute atomic E-state index is 0.119. The molecule has 0 atom stereocenters. The molecule has 1 heteroatoms. The molecule has 0 fully saturated rings. The second kappa shape index (κ2) is 3.89. The SMILES string of the molecule is CCc1nc(C(C)(C)C)cc2ccccc12. The van der Waals surface area contributed by atoms with Crippen molar-refractivity contribution in [1.82, 2.24) is 4.98 Å². The van der Waals surface area contributed by atoms with E-state index in [0.29, 0.717) is 0 Å². The molecule has 0 amide bonds. The van der Waals surface area contributed by atoms with Crippen LogP contribution in [0.1, 0.15) is 39.1 Å². The molecule has 1 nitrogen and oxygen atoms in total. The van der Waals surface area contributed by atoms with Gasteiger partial charge in [-0.15, -0.1) is 0 Å². The Morgan fingerprint density at radius 2 is 1.81 bits per heavy atom. The highest BCUT2D eigenvalue weighted by atomic mass is 14.7. The topological polar surface area (TPSA) is 12.9 Å². The van der Waals surface area contributed by atoms with E-state index in [-0.39, 0.29) is 5.41 Å². The van der Waals surface area contributed by atoms with Gasteiger partial charge in [-0.05, 0) is 17.9 Å². The predicted octanol–water partition coefficient (Wildman–Crippen LogP) is 4.09. The molecule has 0 bridgehead atoms. The Balaban J connectivity index is 2.73. The number of hydrogen-bond donors (Lipinski definition) is 0. The Labute approximate surface area is 97.5 Å². The molecule has 2 aromatic rings. The number of fused-ring (bicyclic) bond motifs is 1. The number of aromatic nitrogens is 1. The summed E-state index contributed by atoms with van der Waals surface area (Å²) in [5, 5.41) is 2.59. The summed E-state index contributed by atoms with van der Waals surface area (Å²) in [6.45, 7) is 8.80. The average Bonchev–Trinajstić information content (AvgIpc) is 2.26. The van der Waals surface area contributed by atoms with E-state index in [0.717, 1.165) is 6.42 Å². The lowest BCUT2D eigenvalue weighted by molar-refractivity contribution is 0.567. The first kappa shape index (κ1) is 11.1. The molecule has 16 heavy (non-hydrogen) atoms. The monoisotopic (exact) mass is 213 g/mol. The van der Waals surface area contributed by atoms with E-state index in [2.05, 4.69) is 58.0 Å². The van der Waals surface area contributed by atoms with Crippen molar-refractivity contribution in [2.75, 3.05) is 0 Å². The van der Waals surface area contributed by atoms with Crippen molar-refractivity contribution in [3.8, 4) is 0 Å². The maximum Gasteiger partial charge on any atom is 0.0482 e. The fourth-order valence-electron chi connectivity index (χ4n) is 1.92. The van der Waals surface area contributed by atoms with E-state index < -0.39 is 0 Å². The Bertz CT molecular complexity index is 506. The van der Waals surface area contributed by atoms with E-state index >= 15 is 0 Å². The van der Waals surface area contributed by atoms with Crippen molar-refractivity contribution in [2.45, 2.75) is 39.5 Å². The maximum absolute atomic E-state index is 4.79. The quantitative estimate of drug-likeness (QED) is 0.695. The van der Waals surface area contributed by atoms with Gasteiger partial charge in [0, 0.05) is 22.2 Å². The largest absolute Gasteiger partial charge is 0.257 e. The van der Waals surface area contributed by atoms with Crippen LogP contribution in [0.3, 0.4) is 0 Å². The minimum Gasteiger partial charge on any atom is -0.257 e. The minimum atomic E-state index is 0.119. The number of hydrogen-bond acceptors (Lipinski definition) is 1. The molecular formula is C15H19N. The molecule has 0 N–H and O–H groups in total. The van der Waals surface area contributed by atoms with Gasteiger partial charge in [0.25, 0.3) is 0 Å². The number of aryl methyl sites for hydroxylation is 1. The van der Waals surface area contributed by atoms with Crippen LogP contribution >= 0.6 is 0 Å². The lowest BCUT2D eigenvalue weighted by Gasteiger charge is -2.19. The summed E-state index contributed by atoms with van der Waals surface area (Å²) in [4.78, 5) is 4.79. The molecule has 0 aliphatic rings. The molecule has 0 aliphatic heterocycles. The van der Waals surface area contributed by atoms with Gasteiger partial charge in [-0.3, -0.25) is 4.98 Å². The zero-order valence-electron chi connectivity index (χ0n) is 10.5. The van der Waals surface area contributed by atoms with Gasteiger partial charge >= 0.3 is 0 Å². The van der Waals surface area contributed by atoms with Gasteiger partial charge in [0.15, 0.2) is 0 Å². The molecule has 0 unspecified atom stereocenters. The molecule has 1 aromatic carbocycles. The third kappa shape index (κ3) is 1.95. The van der Waals surface area contributed by atoms with E-state index in [9.17, 15) is 0 Å². The van der Waals surface area contributed by atoms with Crippen LogP contribution in [-0.2, 0) is 11.8 Å². The van der Waals surface area contributed by atoms with Crippen molar-refractivity contribution < 1.29 is 0 Å². The lowest BCUT2D eigenvalue weighted by atomic mass is 9.90. The second-order valence-corrected chi connectivity index (χ2v) is 5.28. The van der Waals surface area contributed by atoms with Crippen LogP contribution in [-0.4, -0.2) is 4.98 Å². The molecule has 84 valence electrons. The summed E-state index contributed by atoms with van der Waals surface area (Å²) in [7, 11) is 0. The van der Waals surface area contributed by atoms with E-state index in [1.165, 1.54) is 22.2 Å². The van der Waals surface area contributed by atoms with Crippen molar-refractivity contribution in [1.29, 1.82) is 0 Å². The van der Waals surface area contributed by atoms with Crippen LogP contribution in [0, 0.1) is 0 Å². The van der Waals surface area contributed by atoms with Crippen molar-refractivity contribution in [3.05, 3.63) is 41.7 Å². The first-order valence-corrected chi connectivity index (χ1v) is 5.91. The third-order valence-electron chi connectivity index (χ3n) is 2.92. The Kier molecular flexibility index (Phi) is 2.71. The fraction of sp³-hybridized carbons (Fsp3) is 0.400. The summed E-state index contributed by atoms with van der Waals surface area (Å²) in [6.07, 6.45) is 0.991. The van der Waals surface area contributed by atoms with Crippen LogP contribution in [0.4, 0.5) is 0 Å². The zero-order valence-corrected chi connectivity index (χ0v) is 10.5. The number of benzene rings is 1. The highest BCUT2D eigenvalue weighted by molar-refractivity contribution is 5.85. The molecule has 0 saturated heterocycles. The smallest absolute Gasteiger partial charge is 0.0482 e. The van der Waals surface area contributed by atoms with E-state index in [1.54, 1.807) is 0 Å². The molecule has 0 saturated carbocycles. The van der Waals surface area contributed by atoms with Crippen LogP contribution in [0.2, 0.25) is 0 Å². The third-order valence-corrected chi connectivity index (χ3v) is 2.92. The van der Waals surface area contributed by atoms with Crippen molar-refractivity contribution in [2.24, 2.45) is 0 Å². The average molecular weight is 213 g/mol. The number of pyridine rings is 1. The molecule has 0 aliphatic carbocycles. The van der Waals surface area contributed by atoms with Crippen molar-refractivity contribution >= 4 is 10.8 Å². The summed E-state index contributed by atoms with van der Waals surface area (Å²) < 4.78 is 0. The van der Waals surface area contributed by atoms with Crippen molar-refractivity contribution in [3.63, 3.8) is 0 Å². The van der Waals surface area contributed by atoms with Gasteiger partial charge in [-0.2, -0.15) is 0 Å². The highest BCUT2D eigenvalue weighted by Crippen LogP contribution is 2.26. The maximum atomic E-state index is 4.79. The molecule has 2 rings (SSSR count). The summed E-state index contributed by atoms with van der Waals surface area (Å²) >= 11 is 0. The number of rotatable bonds is 1. The van der Waals surface area contributed by atoms with Gasteiger partial charge in [0.2, 0.25) is 0 Å². The van der Waals surface area contributed by atoms with Crippen LogP contribution < -0.4 is 0 Å². The van der Waals surface area contributed by atoms with Crippen LogP contribution in [0.25, 0.3) is 10.8 Å². The first-order chi connectivity index (χ1) is 7.52. The van der Waals surface area contributed by atoms with Gasteiger partial charge in [0.05, 0.1) is 0 Å². The molecular weight excluding hydrogens is 194 g/mol. The lowest BCUT2D eigenvalue weighted by Crippen LogP contribution is -2.14. The first-order valence-electron chi connectivity index (χ1n) is 5.91. The fourth-order valence-corrected chi connectivity index (χ4v) is 1.92. The van der Waals surface area contributed by atoms with Gasteiger partial charge in [0.1, 0.15) is 0 Å². The molecule has 0 radical (unpaired) electrons. The Morgan fingerprint density at radius 1 is 1.12 bits per heavy atom. The predicted molar refractivity (Wildman–Crippen MR) is 69.8 cm³/mol. The van der Waals surface area contributed by atoms with Crippen LogP contribution in [0.15, 0.2) is 30.3 Å². The Hall–Kier alpha value is -1.37. The summed E-state index contributed by atoms with van der Waals surface area (Å²) in [5.74, 6) is 0. The van der Waals surface area contributed by atoms with Gasteiger partial charge < -0.3 is 0 Å². The van der Waals surface area contributed by atoms with E-state index in [4.69, 9.17) is 4.98 Å². The highest BCUT2D eigenvalue weighted by Gasteiger charge is 2.17. The molecule has 1 heterocycles. The Morgan fingerprint density at radius 3 is 2.44 bits per heavy atom. The summed E-state index contributed by atoms with van der Waals surface area (Å²) in [6, 6.07) is 10.7. The zero-order chi connectivity index (χ0) is 11.8. The number of nitrogens with zero attached hydrogens (tertiary/aromatic N) is 1. The normalized spacial score (nSPS) is 12.0. The second-order valence-electron chi connectivity index (χ2n) is 5.28. The van der Waals surface area contributed by atoms with Gasteiger partial charge in [-0.25, -0.2) is 0 Å². The van der Waals surface area contributed by atoms with Gasteiger partial charge in [-0.1, -0.05) is 52.0 Å². The summed E-state index contributed by atoms with van der Waals surface area (Å²) in [5.41, 5.74) is 2.51. The van der Waals surface area contributed by atoms with Crippen LogP contribution in [0.5, 0.6) is 0 Å². The molecule has 0 spiro atoms.